The Morgan fingerprint density at radius 3 is 2.22 bits per heavy atom. The van der Waals surface area contributed by atoms with Crippen LogP contribution in [-0.2, 0) is 11.2 Å². The molecule has 0 radical (unpaired) electrons. The molecule has 1 heterocycles. The minimum Gasteiger partial charge on any atom is -0.496 e. The smallest absolute Gasteiger partial charge is 0.164 e. The Labute approximate surface area is 197 Å². The van der Waals surface area contributed by atoms with Gasteiger partial charge in [0.05, 0.1) is 7.11 Å². The van der Waals surface area contributed by atoms with Crippen LogP contribution in [0.3, 0.4) is 0 Å². The molecule has 1 unspecified atom stereocenters. The van der Waals surface area contributed by atoms with Gasteiger partial charge in [0.1, 0.15) is 12.0 Å². The van der Waals surface area contributed by atoms with E-state index in [1.54, 1.807) is 7.11 Å². The summed E-state index contributed by atoms with van der Waals surface area (Å²) in [6.07, 6.45) is 8.20. The van der Waals surface area contributed by atoms with Crippen molar-refractivity contribution in [1.29, 1.82) is 0 Å². The lowest BCUT2D eigenvalue weighted by atomic mass is 9.90. The van der Waals surface area contributed by atoms with E-state index in [1.165, 1.54) is 25.7 Å². The number of rotatable bonds is 10. The Hall–Kier alpha value is -2.10. The molecule has 0 spiro atoms. The van der Waals surface area contributed by atoms with E-state index >= 15 is 0 Å². The largest absolute Gasteiger partial charge is 0.496 e. The van der Waals surface area contributed by atoms with Crippen LogP contribution in [-0.4, -0.2) is 32.3 Å². The maximum Gasteiger partial charge on any atom is 0.164 e. The molecule has 182 valence electrons. The molecule has 4 nitrogen and oxygen atoms in total. The molecule has 0 aliphatic carbocycles. The van der Waals surface area contributed by atoms with Crippen molar-refractivity contribution in [3.05, 3.63) is 35.4 Å². The van der Waals surface area contributed by atoms with Crippen molar-refractivity contribution in [3.63, 3.8) is 0 Å². The fourth-order valence-corrected chi connectivity index (χ4v) is 3.76. The number of allylic oxidation sites excluding steroid dienone is 1. The number of hydrogen-bond acceptors (Lipinski definition) is 4. The molecule has 1 aliphatic rings. The van der Waals surface area contributed by atoms with Gasteiger partial charge < -0.3 is 14.4 Å². The minimum atomic E-state index is -0.261. The highest BCUT2D eigenvalue weighted by atomic mass is 16.5. The second-order valence-corrected chi connectivity index (χ2v) is 8.30. The molecule has 0 N–H and O–H groups in total. The van der Waals surface area contributed by atoms with E-state index in [0.29, 0.717) is 12.0 Å². The molecule has 32 heavy (non-hydrogen) atoms. The predicted molar refractivity (Wildman–Crippen MR) is 138 cm³/mol. The first kappa shape index (κ1) is 29.9. The Morgan fingerprint density at radius 1 is 1.16 bits per heavy atom. The van der Waals surface area contributed by atoms with Crippen LogP contribution in [0.15, 0.2) is 24.3 Å². The van der Waals surface area contributed by atoms with Gasteiger partial charge in [0.2, 0.25) is 0 Å². The lowest BCUT2D eigenvalue weighted by Gasteiger charge is -2.30. The number of aldehydes is 1. The number of Topliss-reactive ketones (excluding diaryl/α,β-unsaturated/α-hetero) is 1. The van der Waals surface area contributed by atoms with Gasteiger partial charge in [0.25, 0.3) is 0 Å². The SMILES string of the molecule is C=C(C)CCC(C=O)CC(=O)c1cc(N2CCCCC2)cc(OC)c1CC.CC.CCC. The van der Waals surface area contributed by atoms with Gasteiger partial charge in [-0.3, -0.25) is 4.79 Å². The highest BCUT2D eigenvalue weighted by Gasteiger charge is 2.22. The van der Waals surface area contributed by atoms with Crippen molar-refractivity contribution in [1.82, 2.24) is 0 Å². The Balaban J connectivity index is 0.00000177. The molecule has 0 bridgehead atoms. The van der Waals surface area contributed by atoms with Gasteiger partial charge in [-0.15, -0.1) is 6.58 Å². The summed E-state index contributed by atoms with van der Waals surface area (Å²) in [5.74, 6) is 0.542. The van der Waals surface area contributed by atoms with Crippen LogP contribution in [0.4, 0.5) is 5.69 Å². The Kier molecular flexibility index (Phi) is 16.3. The standard InChI is InChI=1S/C23H33NO3.C3H8.C2H6/c1-5-20-21(22(26)13-18(16-25)10-9-17(2)3)14-19(15-23(20)27-4)24-11-7-6-8-12-24;1-3-2;1-2/h14-16,18H,2,5-13H2,1,3-4H3;3H2,1-2H3;1-2H3. The molecule has 1 aliphatic heterocycles. The number of methoxy groups -OCH3 is 1. The molecule has 0 aromatic heterocycles. The first-order valence-corrected chi connectivity index (χ1v) is 12.5. The van der Waals surface area contributed by atoms with Crippen LogP contribution < -0.4 is 9.64 Å². The van der Waals surface area contributed by atoms with Crippen LogP contribution in [0.2, 0.25) is 0 Å². The topological polar surface area (TPSA) is 46.6 Å². The summed E-state index contributed by atoms with van der Waals surface area (Å²) in [5.41, 5.74) is 3.74. The monoisotopic (exact) mass is 445 g/mol. The molecule has 1 atom stereocenters. The number of hydrogen-bond donors (Lipinski definition) is 0. The van der Waals surface area contributed by atoms with Crippen LogP contribution in [0.25, 0.3) is 0 Å². The summed E-state index contributed by atoms with van der Waals surface area (Å²) in [5, 5.41) is 0. The van der Waals surface area contributed by atoms with E-state index in [4.69, 9.17) is 4.74 Å². The molecule has 1 aromatic rings. The third kappa shape index (κ3) is 10.0. The summed E-state index contributed by atoms with van der Waals surface area (Å²) in [7, 11) is 1.66. The lowest BCUT2D eigenvalue weighted by molar-refractivity contribution is -0.111. The third-order valence-corrected chi connectivity index (χ3v) is 5.37. The number of anilines is 1. The quantitative estimate of drug-likeness (QED) is 0.213. The number of benzene rings is 1. The first-order chi connectivity index (χ1) is 15.4. The van der Waals surface area contributed by atoms with Crippen molar-refractivity contribution in [2.45, 2.75) is 92.9 Å². The summed E-state index contributed by atoms with van der Waals surface area (Å²) >= 11 is 0. The average Bonchev–Trinajstić information content (AvgIpc) is 2.82. The highest BCUT2D eigenvalue weighted by Crippen LogP contribution is 2.33. The summed E-state index contributed by atoms with van der Waals surface area (Å²) in [4.78, 5) is 26.9. The number of ether oxygens (including phenoxy) is 1. The van der Waals surface area contributed by atoms with E-state index in [0.717, 1.165) is 54.8 Å². The maximum absolute atomic E-state index is 13.1. The fourth-order valence-electron chi connectivity index (χ4n) is 3.76. The molecular formula is C28H47NO3. The van der Waals surface area contributed by atoms with Gasteiger partial charge in [0.15, 0.2) is 5.78 Å². The number of carbonyl (C=O) groups excluding carboxylic acids is 2. The number of nitrogens with zero attached hydrogens (tertiary/aromatic N) is 1. The second kappa shape index (κ2) is 17.5. The number of ketones is 1. The lowest BCUT2D eigenvalue weighted by Crippen LogP contribution is -2.29. The Morgan fingerprint density at radius 2 is 1.75 bits per heavy atom. The zero-order valence-corrected chi connectivity index (χ0v) is 21.8. The van der Waals surface area contributed by atoms with Gasteiger partial charge in [-0.05, 0) is 51.5 Å². The zero-order valence-electron chi connectivity index (χ0n) is 21.8. The highest BCUT2D eigenvalue weighted by molar-refractivity contribution is 6.00. The van der Waals surface area contributed by atoms with E-state index in [-0.39, 0.29) is 18.1 Å². The molecule has 4 heteroatoms. The van der Waals surface area contributed by atoms with Crippen LogP contribution in [0, 0.1) is 5.92 Å². The molecule has 1 fully saturated rings. The van der Waals surface area contributed by atoms with Crippen molar-refractivity contribution in [2.75, 3.05) is 25.1 Å². The average molecular weight is 446 g/mol. The molecule has 0 saturated carbocycles. The van der Waals surface area contributed by atoms with E-state index in [1.807, 2.05) is 33.8 Å². The van der Waals surface area contributed by atoms with Crippen molar-refractivity contribution in [3.8, 4) is 5.75 Å². The molecule has 1 saturated heterocycles. The zero-order chi connectivity index (χ0) is 24.5. The molecule has 1 aromatic carbocycles. The van der Waals surface area contributed by atoms with Gasteiger partial charge in [-0.2, -0.15) is 0 Å². The summed E-state index contributed by atoms with van der Waals surface area (Å²) in [6.45, 7) is 18.1. The summed E-state index contributed by atoms with van der Waals surface area (Å²) in [6, 6.07) is 4.06. The van der Waals surface area contributed by atoms with Crippen LogP contribution in [0.1, 0.15) is 102 Å². The van der Waals surface area contributed by atoms with Gasteiger partial charge in [-0.25, -0.2) is 0 Å². The molecule has 2 rings (SSSR count). The molecule has 0 amide bonds. The van der Waals surface area contributed by atoms with Crippen molar-refractivity contribution < 1.29 is 14.3 Å². The number of piperidine rings is 1. The van der Waals surface area contributed by atoms with Crippen molar-refractivity contribution >= 4 is 17.8 Å². The third-order valence-electron chi connectivity index (χ3n) is 5.37. The summed E-state index contributed by atoms with van der Waals surface area (Å²) < 4.78 is 5.61. The number of carbonyl (C=O) groups is 2. The maximum atomic E-state index is 13.1. The Bertz CT molecular complexity index is 690. The normalized spacial score (nSPS) is 13.7. The van der Waals surface area contributed by atoms with Crippen LogP contribution in [0.5, 0.6) is 5.75 Å². The van der Waals surface area contributed by atoms with Gasteiger partial charge in [-0.1, -0.05) is 46.6 Å². The van der Waals surface area contributed by atoms with Crippen LogP contribution >= 0.6 is 0 Å². The second-order valence-electron chi connectivity index (χ2n) is 8.30. The van der Waals surface area contributed by atoms with Gasteiger partial charge in [0, 0.05) is 48.3 Å². The van der Waals surface area contributed by atoms with Crippen molar-refractivity contribution in [2.24, 2.45) is 5.92 Å². The minimum absolute atomic E-state index is 0.0304. The van der Waals surface area contributed by atoms with E-state index in [2.05, 4.69) is 31.4 Å². The van der Waals surface area contributed by atoms with Gasteiger partial charge >= 0.3 is 0 Å². The predicted octanol–water partition coefficient (Wildman–Crippen LogP) is 7.43. The molecular weight excluding hydrogens is 398 g/mol. The van der Waals surface area contributed by atoms with E-state index < -0.39 is 0 Å². The van der Waals surface area contributed by atoms with E-state index in [9.17, 15) is 9.59 Å². The first-order valence-electron chi connectivity index (χ1n) is 12.5. The fraction of sp³-hybridized carbons (Fsp3) is 0.643.